The summed E-state index contributed by atoms with van der Waals surface area (Å²) in [5, 5.41) is 9.10. The van der Waals surface area contributed by atoms with Crippen LogP contribution in [0.1, 0.15) is 38.2 Å². The quantitative estimate of drug-likeness (QED) is 0.907. The fourth-order valence-electron chi connectivity index (χ4n) is 2.79. The van der Waals surface area contributed by atoms with Gasteiger partial charge in [0.05, 0.1) is 6.61 Å². The second kappa shape index (κ2) is 6.20. The molecule has 0 atom stereocenters. The summed E-state index contributed by atoms with van der Waals surface area (Å²) in [4.78, 5) is -0.335. The van der Waals surface area contributed by atoms with Crippen molar-refractivity contribution in [1.29, 1.82) is 0 Å². The average Bonchev–Trinajstić information content (AvgIpc) is 2.93. The maximum atomic E-state index is 13.9. The molecule has 0 aromatic heterocycles. The van der Waals surface area contributed by atoms with Crippen LogP contribution in [0, 0.1) is 5.82 Å². The van der Waals surface area contributed by atoms with Crippen molar-refractivity contribution < 1.29 is 17.9 Å². The molecule has 0 unspecified atom stereocenters. The summed E-state index contributed by atoms with van der Waals surface area (Å²) < 4.78 is 40.6. The Bertz CT molecular complexity index is 568. The van der Waals surface area contributed by atoms with Crippen LogP contribution >= 0.6 is 0 Å². The summed E-state index contributed by atoms with van der Waals surface area (Å²) in [5.41, 5.74) is 0.396. The third kappa shape index (κ3) is 2.87. The first-order valence-corrected chi connectivity index (χ1v) is 8.35. The molecule has 4 nitrogen and oxygen atoms in total. The van der Waals surface area contributed by atoms with Crippen molar-refractivity contribution in [3.8, 4) is 0 Å². The van der Waals surface area contributed by atoms with Crippen LogP contribution in [0.3, 0.4) is 0 Å². The van der Waals surface area contributed by atoms with Crippen LogP contribution in [0.15, 0.2) is 23.1 Å². The number of aliphatic hydroxyl groups is 1. The maximum absolute atomic E-state index is 13.9. The first-order valence-electron chi connectivity index (χ1n) is 6.91. The van der Waals surface area contributed by atoms with Crippen molar-refractivity contribution in [1.82, 2.24) is 4.31 Å². The second-order valence-corrected chi connectivity index (χ2v) is 6.93. The van der Waals surface area contributed by atoms with E-state index in [-0.39, 0.29) is 17.5 Å². The van der Waals surface area contributed by atoms with Gasteiger partial charge in [-0.15, -0.1) is 0 Å². The number of aliphatic hydroxyl groups excluding tert-OH is 1. The molecule has 1 aromatic carbocycles. The summed E-state index contributed by atoms with van der Waals surface area (Å²) in [6, 6.07) is 3.67. The van der Waals surface area contributed by atoms with Crippen LogP contribution in [0.4, 0.5) is 4.39 Å². The number of hydrogen-bond acceptors (Lipinski definition) is 3. The van der Waals surface area contributed by atoms with Gasteiger partial charge in [-0.3, -0.25) is 0 Å². The van der Waals surface area contributed by atoms with Gasteiger partial charge in [-0.25, -0.2) is 12.8 Å². The Hall–Kier alpha value is -0.980. The summed E-state index contributed by atoms with van der Waals surface area (Å²) in [7, 11) is -3.85. The van der Waals surface area contributed by atoms with Gasteiger partial charge in [0.2, 0.25) is 10.0 Å². The SMILES string of the molecule is CCN(C1CCCC1)S(=O)(=O)c1cc(CO)ccc1F. The third-order valence-corrected chi connectivity index (χ3v) is 5.85. The molecule has 20 heavy (non-hydrogen) atoms. The molecule has 1 fully saturated rings. The van der Waals surface area contributed by atoms with Crippen LogP contribution in [0.5, 0.6) is 0 Å². The van der Waals surface area contributed by atoms with Crippen LogP contribution in [0.25, 0.3) is 0 Å². The predicted octanol–water partition coefficient (Wildman–Crippen LogP) is 2.27. The van der Waals surface area contributed by atoms with E-state index in [2.05, 4.69) is 0 Å². The fourth-order valence-corrected chi connectivity index (χ4v) is 4.60. The van der Waals surface area contributed by atoms with Gasteiger partial charge >= 0.3 is 0 Å². The normalized spacial score (nSPS) is 17.0. The van der Waals surface area contributed by atoms with Crippen LogP contribution in [0.2, 0.25) is 0 Å². The molecule has 0 saturated heterocycles. The lowest BCUT2D eigenvalue weighted by Crippen LogP contribution is -2.39. The average molecular weight is 301 g/mol. The summed E-state index contributed by atoms with van der Waals surface area (Å²) in [6.07, 6.45) is 3.68. The molecule has 112 valence electrons. The largest absolute Gasteiger partial charge is 0.392 e. The van der Waals surface area contributed by atoms with E-state index in [0.29, 0.717) is 12.1 Å². The molecule has 2 rings (SSSR count). The first-order chi connectivity index (χ1) is 9.50. The lowest BCUT2D eigenvalue weighted by atomic mass is 10.2. The molecule has 0 amide bonds. The minimum absolute atomic E-state index is 0.0396. The van der Waals surface area contributed by atoms with E-state index in [1.54, 1.807) is 6.92 Å². The zero-order chi connectivity index (χ0) is 14.8. The van der Waals surface area contributed by atoms with Crippen molar-refractivity contribution in [2.75, 3.05) is 6.54 Å². The van der Waals surface area contributed by atoms with Gasteiger partial charge in [0, 0.05) is 12.6 Å². The Morgan fingerprint density at radius 2 is 2.00 bits per heavy atom. The van der Waals surface area contributed by atoms with Crippen LogP contribution in [-0.4, -0.2) is 30.4 Å². The van der Waals surface area contributed by atoms with Crippen LogP contribution in [-0.2, 0) is 16.6 Å². The summed E-state index contributed by atoms with van der Waals surface area (Å²) in [5.74, 6) is -0.765. The molecule has 1 N–H and O–H groups in total. The fraction of sp³-hybridized carbons (Fsp3) is 0.571. The summed E-state index contributed by atoms with van der Waals surface area (Å²) >= 11 is 0. The predicted molar refractivity (Wildman–Crippen MR) is 74.1 cm³/mol. The van der Waals surface area contributed by atoms with Gasteiger partial charge in [0.1, 0.15) is 10.7 Å². The van der Waals surface area contributed by atoms with Crippen molar-refractivity contribution in [3.63, 3.8) is 0 Å². The monoisotopic (exact) mass is 301 g/mol. The van der Waals surface area contributed by atoms with E-state index >= 15 is 0 Å². The first kappa shape index (κ1) is 15.4. The van der Waals surface area contributed by atoms with E-state index < -0.39 is 15.8 Å². The Kier molecular flexibility index (Phi) is 4.78. The zero-order valence-electron chi connectivity index (χ0n) is 11.5. The smallest absolute Gasteiger partial charge is 0.246 e. The molecule has 0 spiro atoms. The molecule has 1 aromatic rings. The number of hydrogen-bond donors (Lipinski definition) is 1. The van der Waals surface area contributed by atoms with Crippen molar-refractivity contribution in [2.45, 2.75) is 50.2 Å². The highest BCUT2D eigenvalue weighted by molar-refractivity contribution is 7.89. The van der Waals surface area contributed by atoms with Gasteiger partial charge in [-0.05, 0) is 30.5 Å². The highest BCUT2D eigenvalue weighted by Crippen LogP contribution is 2.29. The maximum Gasteiger partial charge on any atom is 0.246 e. The Morgan fingerprint density at radius 3 is 2.55 bits per heavy atom. The standard InChI is InChI=1S/C14H20FNO3S/c1-2-16(12-5-3-4-6-12)20(18,19)14-9-11(10-17)7-8-13(14)15/h7-9,12,17H,2-6,10H2,1H3. The van der Waals surface area contributed by atoms with Crippen molar-refractivity contribution in [2.24, 2.45) is 0 Å². The molecule has 0 aliphatic heterocycles. The van der Waals surface area contributed by atoms with Gasteiger partial charge in [-0.1, -0.05) is 25.8 Å². The number of halogens is 1. The number of rotatable bonds is 5. The molecule has 0 bridgehead atoms. The van der Waals surface area contributed by atoms with E-state index in [0.717, 1.165) is 31.7 Å². The highest BCUT2D eigenvalue weighted by Gasteiger charge is 2.33. The Balaban J connectivity index is 2.42. The Labute approximate surface area is 119 Å². The molecular formula is C14H20FNO3S. The molecule has 1 aliphatic rings. The lowest BCUT2D eigenvalue weighted by molar-refractivity contribution is 0.281. The molecule has 0 radical (unpaired) electrons. The van der Waals surface area contributed by atoms with E-state index in [9.17, 15) is 12.8 Å². The van der Waals surface area contributed by atoms with E-state index in [1.807, 2.05) is 0 Å². The number of sulfonamides is 1. The van der Waals surface area contributed by atoms with Crippen molar-refractivity contribution in [3.05, 3.63) is 29.6 Å². The molecule has 0 heterocycles. The number of benzene rings is 1. The molecule has 1 aliphatic carbocycles. The minimum Gasteiger partial charge on any atom is -0.392 e. The zero-order valence-corrected chi connectivity index (χ0v) is 12.4. The van der Waals surface area contributed by atoms with Gasteiger partial charge in [0.25, 0.3) is 0 Å². The second-order valence-electron chi connectivity index (χ2n) is 5.07. The Morgan fingerprint density at radius 1 is 1.35 bits per heavy atom. The van der Waals surface area contributed by atoms with E-state index in [1.165, 1.54) is 16.4 Å². The highest BCUT2D eigenvalue weighted by atomic mass is 32.2. The van der Waals surface area contributed by atoms with Gasteiger partial charge < -0.3 is 5.11 Å². The molecular weight excluding hydrogens is 281 g/mol. The van der Waals surface area contributed by atoms with Gasteiger partial charge in [-0.2, -0.15) is 4.31 Å². The molecule has 6 heteroatoms. The molecule has 1 saturated carbocycles. The topological polar surface area (TPSA) is 57.6 Å². The lowest BCUT2D eigenvalue weighted by Gasteiger charge is -2.27. The van der Waals surface area contributed by atoms with Crippen molar-refractivity contribution >= 4 is 10.0 Å². The van der Waals surface area contributed by atoms with Gasteiger partial charge in [0.15, 0.2) is 0 Å². The number of nitrogens with zero attached hydrogens (tertiary/aromatic N) is 1. The third-order valence-electron chi connectivity index (χ3n) is 3.81. The van der Waals surface area contributed by atoms with E-state index in [4.69, 9.17) is 5.11 Å². The summed E-state index contributed by atoms with van der Waals surface area (Å²) in [6.45, 7) is 1.79. The minimum atomic E-state index is -3.85. The van der Waals surface area contributed by atoms with Crippen LogP contribution < -0.4 is 0 Å².